The second-order valence-electron chi connectivity index (χ2n) is 4.11. The summed E-state index contributed by atoms with van der Waals surface area (Å²) < 4.78 is 32.3. The minimum Gasteiger partial charge on any atom is -0.455 e. The van der Waals surface area contributed by atoms with Crippen molar-refractivity contribution in [2.24, 2.45) is 0 Å². The number of benzene rings is 1. The molecule has 0 saturated heterocycles. The lowest BCUT2D eigenvalue weighted by atomic mass is 10.1. The third-order valence-corrected chi connectivity index (χ3v) is 2.88. The fraction of sp³-hybridized carbons (Fsp3) is 0.0714. The number of aromatic nitrogens is 1. The Labute approximate surface area is 107 Å². The van der Waals surface area contributed by atoms with Gasteiger partial charge in [-0.05, 0) is 18.2 Å². The van der Waals surface area contributed by atoms with E-state index >= 15 is 0 Å². The van der Waals surface area contributed by atoms with Gasteiger partial charge in [-0.2, -0.15) is 0 Å². The molecule has 0 fully saturated rings. The maximum absolute atomic E-state index is 13.5. The van der Waals surface area contributed by atoms with Crippen LogP contribution in [0.5, 0.6) is 0 Å². The molecule has 0 amide bonds. The zero-order valence-corrected chi connectivity index (χ0v) is 9.68. The lowest BCUT2D eigenvalue weighted by Gasteiger charge is -2.08. The van der Waals surface area contributed by atoms with Crippen molar-refractivity contribution in [2.75, 3.05) is 0 Å². The molecule has 3 rings (SSSR count). The van der Waals surface area contributed by atoms with Crippen molar-refractivity contribution < 1.29 is 18.3 Å². The van der Waals surface area contributed by atoms with Gasteiger partial charge in [0.25, 0.3) is 0 Å². The molecule has 3 nitrogen and oxygen atoms in total. The van der Waals surface area contributed by atoms with Gasteiger partial charge >= 0.3 is 0 Å². The van der Waals surface area contributed by atoms with Gasteiger partial charge in [0, 0.05) is 17.1 Å². The Hall–Kier alpha value is -2.27. The second-order valence-corrected chi connectivity index (χ2v) is 4.11. The molecule has 96 valence electrons. The molecule has 1 N–H and O–H groups in total. The number of hydrogen-bond donors (Lipinski definition) is 1. The van der Waals surface area contributed by atoms with Crippen LogP contribution in [-0.4, -0.2) is 10.1 Å². The van der Waals surface area contributed by atoms with Crippen LogP contribution in [0.25, 0.3) is 11.0 Å². The van der Waals surface area contributed by atoms with Crippen LogP contribution in [0.3, 0.4) is 0 Å². The maximum atomic E-state index is 13.5. The number of pyridine rings is 1. The minimum atomic E-state index is -1.30. The molecule has 0 aliphatic rings. The highest BCUT2D eigenvalue weighted by Gasteiger charge is 2.20. The molecule has 0 aliphatic carbocycles. The lowest BCUT2D eigenvalue weighted by Crippen LogP contribution is -2.01. The number of rotatable bonds is 2. The van der Waals surface area contributed by atoms with Crippen LogP contribution in [-0.2, 0) is 0 Å². The van der Waals surface area contributed by atoms with Crippen LogP contribution in [0, 0.1) is 11.6 Å². The lowest BCUT2D eigenvalue weighted by molar-refractivity contribution is 0.187. The largest absolute Gasteiger partial charge is 0.455 e. The van der Waals surface area contributed by atoms with E-state index in [-0.39, 0.29) is 16.9 Å². The summed E-state index contributed by atoms with van der Waals surface area (Å²) in [5, 5.41) is 10.6. The SMILES string of the molecule is OC(c1cc2cccc(F)c2o1)c1ccncc1F. The predicted molar refractivity (Wildman–Crippen MR) is 64.4 cm³/mol. The summed E-state index contributed by atoms with van der Waals surface area (Å²) >= 11 is 0. The van der Waals surface area contributed by atoms with E-state index in [9.17, 15) is 13.9 Å². The van der Waals surface area contributed by atoms with Crippen molar-refractivity contribution in [2.45, 2.75) is 6.10 Å². The first kappa shape index (κ1) is 11.8. The van der Waals surface area contributed by atoms with Crippen LogP contribution in [0.2, 0.25) is 0 Å². The van der Waals surface area contributed by atoms with Crippen molar-refractivity contribution in [3.63, 3.8) is 0 Å². The zero-order chi connectivity index (χ0) is 13.4. The van der Waals surface area contributed by atoms with Gasteiger partial charge in [-0.1, -0.05) is 12.1 Å². The number of halogens is 2. The molecule has 5 heteroatoms. The molecule has 0 aliphatic heterocycles. The standard InChI is InChI=1S/C14H9F2NO2/c15-10-3-1-2-8-6-12(19-14(8)10)13(18)9-4-5-17-7-11(9)16/h1-7,13,18H. The van der Waals surface area contributed by atoms with Crippen LogP contribution < -0.4 is 0 Å². The Kier molecular flexibility index (Phi) is 2.76. The monoisotopic (exact) mass is 261 g/mol. The molecule has 2 aromatic heterocycles. The highest BCUT2D eigenvalue weighted by atomic mass is 19.1. The quantitative estimate of drug-likeness (QED) is 0.770. The number of hydrogen-bond acceptors (Lipinski definition) is 3. The molecule has 0 bridgehead atoms. The van der Waals surface area contributed by atoms with Crippen LogP contribution >= 0.6 is 0 Å². The van der Waals surface area contributed by atoms with E-state index in [0.29, 0.717) is 5.39 Å². The predicted octanol–water partition coefficient (Wildman–Crippen LogP) is 3.19. The normalized spacial score (nSPS) is 12.8. The van der Waals surface area contributed by atoms with Gasteiger partial charge in [0.15, 0.2) is 11.4 Å². The molecule has 3 aromatic rings. The molecule has 1 unspecified atom stereocenters. The van der Waals surface area contributed by atoms with Crippen molar-refractivity contribution in [1.29, 1.82) is 0 Å². The summed E-state index contributed by atoms with van der Waals surface area (Å²) in [4.78, 5) is 3.60. The van der Waals surface area contributed by atoms with E-state index in [1.165, 1.54) is 30.5 Å². The molecule has 1 aromatic carbocycles. The summed E-state index contributed by atoms with van der Waals surface area (Å²) in [5.41, 5.74) is 0.0838. The Bertz CT molecular complexity index is 739. The molecule has 2 heterocycles. The highest BCUT2D eigenvalue weighted by Crippen LogP contribution is 2.30. The van der Waals surface area contributed by atoms with Gasteiger partial charge < -0.3 is 9.52 Å². The van der Waals surface area contributed by atoms with Crippen molar-refractivity contribution >= 4 is 11.0 Å². The summed E-state index contributed by atoms with van der Waals surface area (Å²) in [6, 6.07) is 7.29. The smallest absolute Gasteiger partial charge is 0.170 e. The Morgan fingerprint density at radius 2 is 2.00 bits per heavy atom. The Morgan fingerprint density at radius 3 is 2.74 bits per heavy atom. The van der Waals surface area contributed by atoms with E-state index in [1.807, 2.05) is 0 Å². The molecule has 0 saturated carbocycles. The van der Waals surface area contributed by atoms with Crippen molar-refractivity contribution in [3.05, 3.63) is 65.7 Å². The summed E-state index contributed by atoms with van der Waals surface area (Å²) in [6.45, 7) is 0. The van der Waals surface area contributed by atoms with Gasteiger partial charge in [-0.25, -0.2) is 8.78 Å². The summed E-state index contributed by atoms with van der Waals surface area (Å²) in [7, 11) is 0. The van der Waals surface area contributed by atoms with Crippen LogP contribution in [0.4, 0.5) is 8.78 Å². The first-order chi connectivity index (χ1) is 9.16. The van der Waals surface area contributed by atoms with Gasteiger partial charge in [-0.3, -0.25) is 4.98 Å². The first-order valence-corrected chi connectivity index (χ1v) is 5.62. The average molecular weight is 261 g/mol. The number of aliphatic hydroxyl groups is 1. The third kappa shape index (κ3) is 1.98. The number of furan rings is 1. The third-order valence-electron chi connectivity index (χ3n) is 2.88. The number of fused-ring (bicyclic) bond motifs is 1. The Balaban J connectivity index is 2.10. The molecular formula is C14H9F2NO2. The first-order valence-electron chi connectivity index (χ1n) is 5.62. The highest BCUT2D eigenvalue weighted by molar-refractivity contribution is 5.78. The van der Waals surface area contributed by atoms with Crippen LogP contribution in [0.15, 0.2) is 47.1 Å². The van der Waals surface area contributed by atoms with E-state index < -0.39 is 17.7 Å². The molecule has 0 radical (unpaired) electrons. The molecular weight excluding hydrogens is 252 g/mol. The van der Waals surface area contributed by atoms with Crippen molar-refractivity contribution in [1.82, 2.24) is 4.98 Å². The van der Waals surface area contributed by atoms with E-state index in [1.54, 1.807) is 6.07 Å². The molecule has 0 spiro atoms. The number of aliphatic hydroxyl groups excluding tert-OH is 1. The maximum Gasteiger partial charge on any atom is 0.170 e. The van der Waals surface area contributed by atoms with Gasteiger partial charge in [0.1, 0.15) is 17.7 Å². The fourth-order valence-corrected chi connectivity index (χ4v) is 1.94. The summed E-state index contributed by atoms with van der Waals surface area (Å²) in [5.74, 6) is -1.08. The van der Waals surface area contributed by atoms with Crippen molar-refractivity contribution in [3.8, 4) is 0 Å². The number of nitrogens with zero attached hydrogens (tertiary/aromatic N) is 1. The van der Waals surface area contributed by atoms with E-state index in [4.69, 9.17) is 4.42 Å². The van der Waals surface area contributed by atoms with Crippen LogP contribution in [0.1, 0.15) is 17.4 Å². The molecule has 1 atom stereocenters. The van der Waals surface area contributed by atoms with Gasteiger partial charge in [0.05, 0.1) is 6.20 Å². The Morgan fingerprint density at radius 1 is 1.16 bits per heavy atom. The zero-order valence-electron chi connectivity index (χ0n) is 9.68. The van der Waals surface area contributed by atoms with Gasteiger partial charge in [0.2, 0.25) is 0 Å². The minimum absolute atomic E-state index is 0.0365. The average Bonchev–Trinajstić information content (AvgIpc) is 2.84. The molecule has 19 heavy (non-hydrogen) atoms. The summed E-state index contributed by atoms with van der Waals surface area (Å²) in [6.07, 6.45) is 1.07. The van der Waals surface area contributed by atoms with Gasteiger partial charge in [-0.15, -0.1) is 0 Å². The fourth-order valence-electron chi connectivity index (χ4n) is 1.94. The number of para-hydroxylation sites is 1. The second kappa shape index (κ2) is 4.44. The van der Waals surface area contributed by atoms with E-state index in [0.717, 1.165) is 6.20 Å². The topological polar surface area (TPSA) is 46.3 Å². The van der Waals surface area contributed by atoms with E-state index in [2.05, 4.69) is 4.98 Å².